The lowest BCUT2D eigenvalue weighted by molar-refractivity contribution is -0.707. The number of imidazole rings is 1. The maximum atomic E-state index is 5.18. The highest BCUT2D eigenvalue weighted by atomic mass is 28.3. The Kier molecular flexibility index (Phi) is 3.99. The van der Waals surface area contributed by atoms with Gasteiger partial charge in [0.05, 0.1) is 0 Å². The lowest BCUT2D eigenvalue weighted by atomic mass is 10.3. The molecule has 0 aliphatic heterocycles. The Morgan fingerprint density at radius 2 is 2.58 bits per heavy atom. The molecular formula is C7H15N2OSi2+. The van der Waals surface area contributed by atoms with Crippen molar-refractivity contribution in [2.75, 3.05) is 0 Å². The fraction of sp³-hybridized carbons (Fsp3) is 0.286. The molecule has 66 valence electrons. The molecule has 1 unspecified atom stereocenters. The summed E-state index contributed by atoms with van der Waals surface area (Å²) in [5, 5.41) is 0. The molecule has 0 amide bonds. The van der Waals surface area contributed by atoms with E-state index in [1.807, 2.05) is 18.7 Å². The molecule has 0 saturated carbocycles. The van der Waals surface area contributed by atoms with E-state index in [1.165, 1.54) is 0 Å². The molecule has 3 nitrogen and oxygen atoms in total. The van der Waals surface area contributed by atoms with Crippen LogP contribution < -0.4 is 4.57 Å². The quantitative estimate of drug-likeness (QED) is 0.477. The van der Waals surface area contributed by atoms with Crippen LogP contribution in [0, 0.1) is 0 Å². The highest BCUT2D eigenvalue weighted by Gasteiger charge is 2.02. The molecule has 1 N–H and O–H groups in total. The van der Waals surface area contributed by atoms with Gasteiger partial charge in [0.15, 0.2) is 9.76 Å². The average molecular weight is 199 g/mol. The van der Waals surface area contributed by atoms with E-state index in [0.717, 1.165) is 10.5 Å². The molecule has 0 aliphatic carbocycles. The summed E-state index contributed by atoms with van der Waals surface area (Å²) in [4.78, 5) is 3.02. The number of nitrogens with zero attached hydrogens (tertiary/aromatic N) is 1. The van der Waals surface area contributed by atoms with Crippen molar-refractivity contribution in [1.29, 1.82) is 0 Å². The van der Waals surface area contributed by atoms with Crippen molar-refractivity contribution in [2.24, 2.45) is 0 Å². The third-order valence-electron chi connectivity index (χ3n) is 1.71. The smallest absolute Gasteiger partial charge is 0.241 e. The molecule has 0 aliphatic rings. The summed E-state index contributed by atoms with van der Waals surface area (Å²) in [6.07, 6.45) is 8.10. The van der Waals surface area contributed by atoms with Gasteiger partial charge in [0.2, 0.25) is 6.33 Å². The first kappa shape index (κ1) is 9.43. The fourth-order valence-electron chi connectivity index (χ4n) is 1.00. The highest BCUT2D eigenvalue weighted by Crippen LogP contribution is 1.94. The molecular weight excluding hydrogens is 184 g/mol. The van der Waals surface area contributed by atoms with Gasteiger partial charge in [-0.15, -0.1) is 0 Å². The number of nitrogens with one attached hydrogen (secondary N) is 1. The predicted octanol–water partition coefficient (Wildman–Crippen LogP) is -1.24. The van der Waals surface area contributed by atoms with Crippen LogP contribution >= 0.6 is 0 Å². The first-order chi connectivity index (χ1) is 5.84. The topological polar surface area (TPSA) is 28.9 Å². The van der Waals surface area contributed by atoms with E-state index in [9.17, 15) is 0 Å². The zero-order valence-electron chi connectivity index (χ0n) is 7.53. The first-order valence-corrected chi connectivity index (χ1v) is 6.24. The number of aromatic nitrogens is 2. The van der Waals surface area contributed by atoms with Crippen LogP contribution in [0.15, 0.2) is 30.5 Å². The average Bonchev–Trinajstić information content (AvgIpc) is 2.56. The second-order valence-corrected chi connectivity index (χ2v) is 5.80. The van der Waals surface area contributed by atoms with Crippen molar-refractivity contribution >= 4 is 20.2 Å². The van der Waals surface area contributed by atoms with Crippen molar-refractivity contribution in [1.82, 2.24) is 4.98 Å². The van der Waals surface area contributed by atoms with Gasteiger partial charge in [-0.3, -0.25) is 4.98 Å². The molecule has 0 spiro atoms. The summed E-state index contributed by atoms with van der Waals surface area (Å²) < 4.78 is 7.31. The van der Waals surface area contributed by atoms with Crippen LogP contribution in [0.25, 0.3) is 0 Å². The predicted molar refractivity (Wildman–Crippen MR) is 54.4 cm³/mol. The van der Waals surface area contributed by atoms with Gasteiger partial charge < -0.3 is 4.12 Å². The summed E-state index contributed by atoms with van der Waals surface area (Å²) in [7, 11) is 0.520. The zero-order valence-corrected chi connectivity index (χ0v) is 10.9. The maximum absolute atomic E-state index is 5.18. The van der Waals surface area contributed by atoms with Crippen molar-refractivity contribution in [3.8, 4) is 0 Å². The standard InChI is InChI=1S/C7H14N2OSi2/c1-7(2-5-12-10-11)9-4-3-8-6-9/h2-7H,12H2,1,11H3/p+1. The van der Waals surface area contributed by atoms with E-state index in [0.29, 0.717) is 6.04 Å². The SMILES string of the molecule is CC(C=C[SiH2]O[SiH3])[n+]1cc[nH]c1. The summed E-state index contributed by atoms with van der Waals surface area (Å²) in [6.45, 7) is 2.16. The van der Waals surface area contributed by atoms with Gasteiger partial charge in [0.1, 0.15) is 28.9 Å². The van der Waals surface area contributed by atoms with Gasteiger partial charge in [-0.25, -0.2) is 4.57 Å². The van der Waals surface area contributed by atoms with E-state index in [1.54, 1.807) is 0 Å². The van der Waals surface area contributed by atoms with Crippen LogP contribution in [-0.4, -0.2) is 25.2 Å². The van der Waals surface area contributed by atoms with Crippen molar-refractivity contribution in [2.45, 2.75) is 13.0 Å². The second kappa shape index (κ2) is 5.07. The largest absolute Gasteiger partial charge is 0.465 e. The van der Waals surface area contributed by atoms with Gasteiger partial charge in [0.25, 0.3) is 0 Å². The maximum Gasteiger partial charge on any atom is 0.241 e. The molecule has 1 atom stereocenters. The lowest BCUT2D eigenvalue weighted by Crippen LogP contribution is -2.33. The Balaban J connectivity index is 2.44. The van der Waals surface area contributed by atoms with E-state index < -0.39 is 0 Å². The number of rotatable bonds is 4. The summed E-state index contributed by atoms with van der Waals surface area (Å²) in [5.74, 6) is 0. The molecule has 1 aromatic heterocycles. The number of hydrogen-bond donors (Lipinski definition) is 1. The molecule has 1 heterocycles. The van der Waals surface area contributed by atoms with E-state index >= 15 is 0 Å². The van der Waals surface area contributed by atoms with Gasteiger partial charge in [0, 0.05) is 0 Å². The van der Waals surface area contributed by atoms with Crippen molar-refractivity contribution < 1.29 is 8.68 Å². The molecule has 1 rings (SSSR count). The van der Waals surface area contributed by atoms with E-state index in [-0.39, 0.29) is 9.76 Å². The minimum Gasteiger partial charge on any atom is -0.465 e. The van der Waals surface area contributed by atoms with Crippen LogP contribution in [0.2, 0.25) is 0 Å². The Labute approximate surface area is 77.9 Å². The Hall–Kier alpha value is -0.656. The molecule has 12 heavy (non-hydrogen) atoms. The Bertz CT molecular complexity index is 236. The number of H-pyrrole nitrogens is 1. The summed E-state index contributed by atoms with van der Waals surface area (Å²) in [6, 6.07) is 0.431. The minimum atomic E-state index is -0.352. The molecule has 1 aromatic rings. The normalized spacial score (nSPS) is 15.1. The Morgan fingerprint density at radius 1 is 1.75 bits per heavy atom. The first-order valence-electron chi connectivity index (χ1n) is 4.03. The van der Waals surface area contributed by atoms with Crippen LogP contribution in [0.5, 0.6) is 0 Å². The molecule has 0 bridgehead atoms. The monoisotopic (exact) mass is 199 g/mol. The molecule has 0 radical (unpaired) electrons. The van der Waals surface area contributed by atoms with Crippen molar-refractivity contribution in [3.05, 3.63) is 30.5 Å². The van der Waals surface area contributed by atoms with Crippen molar-refractivity contribution in [3.63, 3.8) is 0 Å². The van der Waals surface area contributed by atoms with Gasteiger partial charge in [-0.1, -0.05) is 5.70 Å². The number of allylic oxidation sites excluding steroid dienone is 1. The second-order valence-electron chi connectivity index (χ2n) is 2.68. The van der Waals surface area contributed by atoms with Crippen LogP contribution in [0.1, 0.15) is 13.0 Å². The van der Waals surface area contributed by atoms with Crippen LogP contribution in [0.4, 0.5) is 0 Å². The Morgan fingerprint density at radius 3 is 3.17 bits per heavy atom. The summed E-state index contributed by atoms with van der Waals surface area (Å²) >= 11 is 0. The van der Waals surface area contributed by atoms with Crippen LogP contribution in [0.3, 0.4) is 0 Å². The van der Waals surface area contributed by atoms with Crippen LogP contribution in [-0.2, 0) is 4.12 Å². The van der Waals surface area contributed by atoms with E-state index in [4.69, 9.17) is 4.12 Å². The third kappa shape index (κ3) is 2.76. The summed E-state index contributed by atoms with van der Waals surface area (Å²) in [5.41, 5.74) is 2.19. The highest BCUT2D eigenvalue weighted by molar-refractivity contribution is 6.39. The molecule has 0 saturated heterocycles. The zero-order chi connectivity index (χ0) is 8.81. The molecule has 5 heteroatoms. The molecule has 0 aromatic carbocycles. The van der Waals surface area contributed by atoms with Gasteiger partial charge in [-0.2, -0.15) is 0 Å². The molecule has 0 fully saturated rings. The minimum absolute atomic E-state index is 0.352. The van der Waals surface area contributed by atoms with Gasteiger partial charge in [-0.05, 0) is 13.0 Å². The fourth-order valence-corrected chi connectivity index (χ4v) is 2.28. The number of aromatic amines is 1. The van der Waals surface area contributed by atoms with Gasteiger partial charge >= 0.3 is 0 Å². The third-order valence-corrected chi connectivity index (χ3v) is 3.51. The van der Waals surface area contributed by atoms with E-state index in [2.05, 4.69) is 28.3 Å². The lowest BCUT2D eigenvalue weighted by Gasteiger charge is -1.99. The number of hydrogen-bond acceptors (Lipinski definition) is 1.